The normalized spacial score (nSPS) is 9.82. The Morgan fingerprint density at radius 3 is 2.73 bits per heavy atom. The van der Waals surface area contributed by atoms with E-state index < -0.39 is 0 Å². The largest absolute Gasteiger partial charge is 0.382 e. The number of anilines is 1. The van der Waals surface area contributed by atoms with Gasteiger partial charge in [-0.3, -0.25) is 9.59 Å². The fourth-order valence-electron chi connectivity index (χ4n) is 1.61. The lowest BCUT2D eigenvalue weighted by atomic mass is 10.1. The van der Waals surface area contributed by atoms with E-state index in [-0.39, 0.29) is 31.4 Å². The number of nitriles is 1. The quantitative estimate of drug-likeness (QED) is 0.658. The molecule has 2 N–H and O–H groups in total. The number of carbonyl (C=O) groups is 2. The van der Waals surface area contributed by atoms with Crippen LogP contribution in [0.1, 0.15) is 12.0 Å². The maximum absolute atomic E-state index is 11.6. The SMILES string of the molecule is COCCOCC(=O)NCc1ccccc1NC(=O)CC#N. The average molecular weight is 305 g/mol. The summed E-state index contributed by atoms with van der Waals surface area (Å²) < 4.78 is 9.91. The van der Waals surface area contributed by atoms with E-state index in [1.807, 2.05) is 0 Å². The fourth-order valence-corrected chi connectivity index (χ4v) is 1.61. The van der Waals surface area contributed by atoms with Crippen molar-refractivity contribution in [1.82, 2.24) is 5.32 Å². The molecule has 0 saturated heterocycles. The Balaban J connectivity index is 2.47. The van der Waals surface area contributed by atoms with Gasteiger partial charge in [-0.15, -0.1) is 0 Å². The second-order valence-corrected chi connectivity index (χ2v) is 4.36. The zero-order chi connectivity index (χ0) is 16.2. The third-order valence-electron chi connectivity index (χ3n) is 2.67. The Morgan fingerprint density at radius 2 is 2.00 bits per heavy atom. The Labute approximate surface area is 129 Å². The van der Waals surface area contributed by atoms with E-state index in [0.29, 0.717) is 18.9 Å². The molecule has 1 aromatic rings. The molecule has 0 radical (unpaired) electrons. The molecule has 0 aromatic heterocycles. The molecule has 0 spiro atoms. The first kappa shape index (κ1) is 17.6. The third kappa shape index (κ3) is 6.83. The minimum absolute atomic E-state index is 0.0493. The van der Waals surface area contributed by atoms with E-state index in [4.69, 9.17) is 14.7 Å². The van der Waals surface area contributed by atoms with Gasteiger partial charge in [0.1, 0.15) is 13.0 Å². The lowest BCUT2D eigenvalue weighted by Crippen LogP contribution is -2.28. The van der Waals surface area contributed by atoms with E-state index in [2.05, 4.69) is 10.6 Å². The smallest absolute Gasteiger partial charge is 0.246 e. The van der Waals surface area contributed by atoms with Gasteiger partial charge in [0.15, 0.2) is 0 Å². The molecule has 0 saturated carbocycles. The van der Waals surface area contributed by atoms with Crippen LogP contribution in [0.5, 0.6) is 0 Å². The van der Waals surface area contributed by atoms with Crippen LogP contribution >= 0.6 is 0 Å². The Kier molecular flexibility index (Phi) is 8.27. The van der Waals surface area contributed by atoms with Crippen molar-refractivity contribution in [2.24, 2.45) is 0 Å². The first-order chi connectivity index (χ1) is 10.7. The topological polar surface area (TPSA) is 100 Å². The summed E-state index contributed by atoms with van der Waals surface area (Å²) in [6, 6.07) is 8.85. The van der Waals surface area contributed by atoms with Crippen LogP contribution in [0.15, 0.2) is 24.3 Å². The van der Waals surface area contributed by atoms with Crippen molar-refractivity contribution in [3.63, 3.8) is 0 Å². The minimum atomic E-state index is -0.385. The van der Waals surface area contributed by atoms with Crippen LogP contribution < -0.4 is 10.6 Å². The summed E-state index contributed by atoms with van der Waals surface area (Å²) >= 11 is 0. The van der Waals surface area contributed by atoms with Gasteiger partial charge >= 0.3 is 0 Å². The number of ether oxygens (including phenoxy) is 2. The second kappa shape index (κ2) is 10.3. The number of nitrogens with zero attached hydrogens (tertiary/aromatic N) is 1. The summed E-state index contributed by atoms with van der Waals surface area (Å²) in [5.74, 6) is -0.640. The molecule has 7 heteroatoms. The average Bonchev–Trinajstić information content (AvgIpc) is 2.51. The Bertz CT molecular complexity index is 540. The van der Waals surface area contributed by atoms with Crippen LogP contribution in [0.2, 0.25) is 0 Å². The molecule has 2 amide bonds. The summed E-state index contributed by atoms with van der Waals surface area (Å²) in [6.45, 7) is 0.994. The van der Waals surface area contributed by atoms with Crippen LogP contribution in [-0.2, 0) is 25.6 Å². The number of carbonyl (C=O) groups excluding carboxylic acids is 2. The maximum atomic E-state index is 11.6. The first-order valence-corrected chi connectivity index (χ1v) is 6.75. The Hall–Kier alpha value is -2.43. The number of para-hydroxylation sites is 1. The summed E-state index contributed by atoms with van der Waals surface area (Å²) in [4.78, 5) is 23.1. The van der Waals surface area contributed by atoms with Crippen molar-refractivity contribution in [2.45, 2.75) is 13.0 Å². The second-order valence-electron chi connectivity index (χ2n) is 4.36. The van der Waals surface area contributed by atoms with Crippen LogP contribution in [-0.4, -0.2) is 38.7 Å². The van der Waals surface area contributed by atoms with Gasteiger partial charge in [-0.1, -0.05) is 18.2 Å². The summed E-state index contributed by atoms with van der Waals surface area (Å²) in [6.07, 6.45) is -0.214. The molecule has 0 atom stereocenters. The lowest BCUT2D eigenvalue weighted by Gasteiger charge is -2.11. The maximum Gasteiger partial charge on any atom is 0.246 e. The minimum Gasteiger partial charge on any atom is -0.382 e. The molecular weight excluding hydrogens is 286 g/mol. The number of amides is 2. The molecule has 118 valence electrons. The molecule has 0 fully saturated rings. The number of methoxy groups -OCH3 is 1. The van der Waals surface area contributed by atoms with Crippen LogP contribution in [0.4, 0.5) is 5.69 Å². The van der Waals surface area contributed by atoms with E-state index in [0.717, 1.165) is 5.56 Å². The van der Waals surface area contributed by atoms with Gasteiger partial charge in [0.2, 0.25) is 11.8 Å². The monoisotopic (exact) mass is 305 g/mol. The number of nitrogens with one attached hydrogen (secondary N) is 2. The van der Waals surface area contributed by atoms with Gasteiger partial charge in [0, 0.05) is 19.3 Å². The molecule has 0 bridgehead atoms. The van der Waals surface area contributed by atoms with Crippen molar-refractivity contribution in [2.75, 3.05) is 32.2 Å². The number of rotatable bonds is 9. The van der Waals surface area contributed by atoms with E-state index >= 15 is 0 Å². The van der Waals surface area contributed by atoms with Gasteiger partial charge in [-0.05, 0) is 11.6 Å². The molecule has 0 unspecified atom stereocenters. The summed E-state index contributed by atoms with van der Waals surface area (Å²) in [5, 5.41) is 13.8. The Morgan fingerprint density at radius 1 is 1.23 bits per heavy atom. The third-order valence-corrected chi connectivity index (χ3v) is 2.67. The van der Waals surface area contributed by atoms with E-state index in [1.165, 1.54) is 0 Å². The van der Waals surface area contributed by atoms with Crippen LogP contribution in [0.3, 0.4) is 0 Å². The number of benzene rings is 1. The predicted molar refractivity (Wildman–Crippen MR) is 79.8 cm³/mol. The summed E-state index contributed by atoms with van der Waals surface area (Å²) in [7, 11) is 1.56. The highest BCUT2D eigenvalue weighted by Gasteiger charge is 2.07. The van der Waals surface area contributed by atoms with Gasteiger partial charge in [-0.25, -0.2) is 0 Å². The van der Waals surface area contributed by atoms with Crippen molar-refractivity contribution < 1.29 is 19.1 Å². The van der Waals surface area contributed by atoms with Gasteiger partial charge in [0.05, 0.1) is 19.3 Å². The molecule has 22 heavy (non-hydrogen) atoms. The molecule has 7 nitrogen and oxygen atoms in total. The molecular formula is C15H19N3O4. The highest BCUT2D eigenvalue weighted by molar-refractivity contribution is 5.92. The van der Waals surface area contributed by atoms with Crippen LogP contribution in [0, 0.1) is 11.3 Å². The first-order valence-electron chi connectivity index (χ1n) is 6.75. The molecule has 0 heterocycles. The molecule has 0 aliphatic rings. The molecule has 1 rings (SSSR count). The zero-order valence-electron chi connectivity index (χ0n) is 12.4. The van der Waals surface area contributed by atoms with Crippen molar-refractivity contribution in [3.8, 4) is 6.07 Å². The highest BCUT2D eigenvalue weighted by atomic mass is 16.5. The van der Waals surface area contributed by atoms with E-state index in [1.54, 1.807) is 37.4 Å². The zero-order valence-corrected chi connectivity index (χ0v) is 12.4. The highest BCUT2D eigenvalue weighted by Crippen LogP contribution is 2.14. The fraction of sp³-hybridized carbons (Fsp3) is 0.400. The molecule has 1 aromatic carbocycles. The number of hydrogen-bond donors (Lipinski definition) is 2. The van der Waals surface area contributed by atoms with Crippen molar-refractivity contribution >= 4 is 17.5 Å². The van der Waals surface area contributed by atoms with Gasteiger partial charge in [-0.2, -0.15) is 5.26 Å². The molecule has 0 aliphatic carbocycles. The van der Waals surface area contributed by atoms with Crippen molar-refractivity contribution in [3.05, 3.63) is 29.8 Å². The predicted octanol–water partition coefficient (Wildman–Crippen LogP) is 0.818. The van der Waals surface area contributed by atoms with Crippen LogP contribution in [0.25, 0.3) is 0 Å². The van der Waals surface area contributed by atoms with Gasteiger partial charge in [0.25, 0.3) is 0 Å². The number of hydrogen-bond acceptors (Lipinski definition) is 5. The standard InChI is InChI=1S/C15H19N3O4/c1-21-8-9-22-11-15(20)17-10-12-4-2-3-5-13(12)18-14(19)6-7-16/h2-5H,6,8-11H2,1H3,(H,17,20)(H,18,19). The lowest BCUT2D eigenvalue weighted by molar-refractivity contribution is -0.126. The van der Waals surface area contributed by atoms with Crippen molar-refractivity contribution in [1.29, 1.82) is 5.26 Å². The van der Waals surface area contributed by atoms with Gasteiger partial charge < -0.3 is 20.1 Å². The summed E-state index contributed by atoms with van der Waals surface area (Å²) in [5.41, 5.74) is 1.32. The van der Waals surface area contributed by atoms with E-state index in [9.17, 15) is 9.59 Å². The molecule has 0 aliphatic heterocycles.